The van der Waals surface area contributed by atoms with Crippen molar-refractivity contribution in [2.24, 2.45) is 0 Å². The third-order valence-electron chi connectivity index (χ3n) is 4.82. The number of hydrogen-bond acceptors (Lipinski definition) is 6. The number of rotatable bonds is 1. The summed E-state index contributed by atoms with van der Waals surface area (Å²) in [5.74, 6) is -0.891. The fourth-order valence-electron chi connectivity index (χ4n) is 3.54. The minimum atomic E-state index is -0.628. The predicted octanol–water partition coefficient (Wildman–Crippen LogP) is 4.22. The van der Waals surface area contributed by atoms with Crippen molar-refractivity contribution in [3.63, 3.8) is 0 Å². The van der Waals surface area contributed by atoms with Crippen LogP contribution in [0.1, 0.15) is 56.0 Å². The average Bonchev–Trinajstić information content (AvgIpc) is 2.91. The van der Waals surface area contributed by atoms with Crippen molar-refractivity contribution in [1.29, 1.82) is 0 Å². The van der Waals surface area contributed by atoms with Crippen molar-refractivity contribution in [3.05, 3.63) is 41.5 Å². The summed E-state index contributed by atoms with van der Waals surface area (Å²) in [5, 5.41) is 10.4. The van der Waals surface area contributed by atoms with Gasteiger partial charge in [-0.15, -0.1) is 0 Å². The first-order valence-corrected chi connectivity index (χ1v) is 9.58. The molecule has 2 aliphatic heterocycles. The number of benzene rings is 1. The van der Waals surface area contributed by atoms with E-state index in [0.29, 0.717) is 24.2 Å². The van der Waals surface area contributed by atoms with Gasteiger partial charge in [0.15, 0.2) is 5.79 Å². The molecule has 0 radical (unpaired) electrons. The van der Waals surface area contributed by atoms with Gasteiger partial charge in [-0.2, -0.15) is 0 Å². The molecule has 0 aromatic heterocycles. The summed E-state index contributed by atoms with van der Waals surface area (Å²) >= 11 is 0. The number of aromatic hydroxyl groups is 1. The zero-order chi connectivity index (χ0) is 20.3. The fourth-order valence-corrected chi connectivity index (χ4v) is 3.54. The van der Waals surface area contributed by atoms with Crippen LogP contribution in [0.3, 0.4) is 0 Å². The van der Waals surface area contributed by atoms with E-state index in [9.17, 15) is 9.90 Å². The second kappa shape index (κ2) is 8.37. The molecule has 0 saturated carbocycles. The molecule has 0 unspecified atom stereocenters. The van der Waals surface area contributed by atoms with Gasteiger partial charge in [0, 0.05) is 12.5 Å². The molecule has 1 aromatic rings. The molecule has 3 atom stereocenters. The van der Waals surface area contributed by atoms with Gasteiger partial charge in [0.1, 0.15) is 23.2 Å². The lowest BCUT2D eigenvalue weighted by molar-refractivity contribution is -0.145. The Morgan fingerprint density at radius 1 is 1.07 bits per heavy atom. The topological polar surface area (TPSA) is 74.2 Å². The number of phenols is 1. The van der Waals surface area contributed by atoms with Gasteiger partial charge in [0.2, 0.25) is 0 Å². The van der Waals surface area contributed by atoms with Gasteiger partial charge in [-0.05, 0) is 45.2 Å². The number of esters is 1. The van der Waals surface area contributed by atoms with Gasteiger partial charge in [-0.1, -0.05) is 24.3 Å². The SMILES string of the molecule is COc1cc(O)c2c(c1)/C=C/C[C@@H]1OC(C)(C)O[C@@H]1C/C=C\C[C@H](C)OC2=O. The van der Waals surface area contributed by atoms with Crippen LogP contribution in [0.4, 0.5) is 0 Å². The van der Waals surface area contributed by atoms with Crippen LogP contribution in [0.15, 0.2) is 30.4 Å². The second-order valence-corrected chi connectivity index (χ2v) is 7.62. The molecule has 6 nitrogen and oxygen atoms in total. The maximum Gasteiger partial charge on any atom is 0.342 e. The summed E-state index contributed by atoms with van der Waals surface area (Å²) in [5.41, 5.74) is 0.668. The summed E-state index contributed by atoms with van der Waals surface area (Å²) in [4.78, 5) is 12.6. The van der Waals surface area contributed by atoms with Gasteiger partial charge in [0.05, 0.1) is 19.3 Å². The molecule has 1 fully saturated rings. The van der Waals surface area contributed by atoms with Crippen LogP contribution in [0.25, 0.3) is 6.08 Å². The van der Waals surface area contributed by atoms with Crippen molar-refractivity contribution in [3.8, 4) is 11.5 Å². The van der Waals surface area contributed by atoms with E-state index in [1.165, 1.54) is 13.2 Å². The molecule has 0 amide bonds. The van der Waals surface area contributed by atoms with E-state index < -0.39 is 11.8 Å². The minimum Gasteiger partial charge on any atom is -0.507 e. The lowest BCUT2D eigenvalue weighted by Gasteiger charge is -2.16. The maximum absolute atomic E-state index is 12.6. The summed E-state index contributed by atoms with van der Waals surface area (Å²) in [6.45, 7) is 5.65. The van der Waals surface area contributed by atoms with Crippen LogP contribution in [0.5, 0.6) is 11.5 Å². The van der Waals surface area contributed by atoms with E-state index in [0.717, 1.165) is 6.42 Å². The van der Waals surface area contributed by atoms with Gasteiger partial charge in [-0.25, -0.2) is 4.79 Å². The van der Waals surface area contributed by atoms with Crippen molar-refractivity contribution in [2.75, 3.05) is 7.11 Å². The molecule has 1 N–H and O–H groups in total. The van der Waals surface area contributed by atoms with E-state index in [2.05, 4.69) is 0 Å². The Hall–Kier alpha value is -2.31. The van der Waals surface area contributed by atoms with Gasteiger partial charge >= 0.3 is 5.97 Å². The summed E-state index contributed by atoms with van der Waals surface area (Å²) < 4.78 is 22.8. The maximum atomic E-state index is 12.6. The quantitative estimate of drug-likeness (QED) is 0.574. The lowest BCUT2D eigenvalue weighted by Crippen LogP contribution is -2.21. The van der Waals surface area contributed by atoms with Crippen molar-refractivity contribution >= 4 is 12.0 Å². The Balaban J connectivity index is 1.96. The van der Waals surface area contributed by atoms with E-state index in [1.807, 2.05) is 39.0 Å². The van der Waals surface area contributed by atoms with Crippen molar-refractivity contribution in [1.82, 2.24) is 0 Å². The van der Waals surface area contributed by atoms with Gasteiger partial charge < -0.3 is 24.1 Å². The second-order valence-electron chi connectivity index (χ2n) is 7.62. The molecule has 3 rings (SSSR count). The Bertz CT molecular complexity index is 779. The Kier molecular flexibility index (Phi) is 6.10. The number of fused-ring (bicyclic) bond motifs is 2. The third-order valence-corrected chi connectivity index (χ3v) is 4.82. The number of ether oxygens (including phenoxy) is 4. The molecule has 2 aliphatic rings. The Morgan fingerprint density at radius 2 is 1.71 bits per heavy atom. The summed E-state index contributed by atoms with van der Waals surface area (Å²) in [6, 6.07) is 3.12. The van der Waals surface area contributed by atoms with Crippen LogP contribution in [0, 0.1) is 0 Å². The van der Waals surface area contributed by atoms with Crippen LogP contribution in [-0.2, 0) is 14.2 Å². The lowest BCUT2D eigenvalue weighted by atomic mass is 10.0. The number of carbonyl (C=O) groups is 1. The summed E-state index contributed by atoms with van der Waals surface area (Å²) in [6.07, 6.45) is 9.20. The summed E-state index contributed by atoms with van der Waals surface area (Å²) in [7, 11) is 1.51. The predicted molar refractivity (Wildman–Crippen MR) is 105 cm³/mol. The van der Waals surface area contributed by atoms with E-state index in [-0.39, 0.29) is 29.6 Å². The van der Waals surface area contributed by atoms with Gasteiger partial charge in [0.25, 0.3) is 0 Å². The van der Waals surface area contributed by atoms with E-state index in [4.69, 9.17) is 18.9 Å². The molecule has 2 heterocycles. The van der Waals surface area contributed by atoms with Crippen molar-refractivity contribution < 1.29 is 28.8 Å². The highest BCUT2D eigenvalue weighted by molar-refractivity contribution is 5.97. The van der Waals surface area contributed by atoms with Crippen LogP contribution in [-0.4, -0.2) is 42.3 Å². The molecule has 1 aromatic carbocycles. The van der Waals surface area contributed by atoms with Crippen molar-refractivity contribution in [2.45, 2.75) is 64.1 Å². The number of methoxy groups -OCH3 is 1. The van der Waals surface area contributed by atoms with Crippen LogP contribution < -0.4 is 4.74 Å². The minimum absolute atomic E-state index is 0.0464. The highest BCUT2D eigenvalue weighted by Gasteiger charge is 2.39. The molecular weight excluding hydrogens is 360 g/mol. The highest BCUT2D eigenvalue weighted by atomic mass is 16.7. The molecule has 28 heavy (non-hydrogen) atoms. The molecule has 0 bridgehead atoms. The standard InChI is InChI=1S/C22H28O6/c1-14-8-5-6-10-18-19(28-22(2,3)27-18)11-7-9-15-12-16(25-4)13-17(23)20(15)21(24)26-14/h5-7,9,12-14,18-19,23H,8,10-11H2,1-4H3/b6-5-,9-7+/t14-,18+,19-/m0/s1. The number of cyclic esters (lactones) is 1. The number of phenolic OH excluding ortho intramolecular Hbond substituents is 1. The van der Waals surface area contributed by atoms with Crippen LogP contribution >= 0.6 is 0 Å². The highest BCUT2D eigenvalue weighted by Crippen LogP contribution is 2.34. The largest absolute Gasteiger partial charge is 0.507 e. The molecule has 0 spiro atoms. The Morgan fingerprint density at radius 3 is 2.39 bits per heavy atom. The molecular formula is C22H28O6. The smallest absolute Gasteiger partial charge is 0.342 e. The number of carbonyl (C=O) groups excluding carboxylic acids is 1. The number of hydrogen-bond donors (Lipinski definition) is 1. The molecule has 0 aliphatic carbocycles. The monoisotopic (exact) mass is 388 g/mol. The molecule has 1 saturated heterocycles. The van der Waals surface area contributed by atoms with Gasteiger partial charge in [-0.3, -0.25) is 0 Å². The first-order valence-electron chi connectivity index (χ1n) is 9.58. The molecule has 6 heteroatoms. The third kappa shape index (κ3) is 4.75. The average molecular weight is 388 g/mol. The zero-order valence-corrected chi connectivity index (χ0v) is 16.8. The van der Waals surface area contributed by atoms with E-state index in [1.54, 1.807) is 12.1 Å². The molecule has 152 valence electrons. The van der Waals surface area contributed by atoms with Crippen LogP contribution in [0.2, 0.25) is 0 Å². The first-order chi connectivity index (χ1) is 13.3. The fraction of sp³-hybridized carbons (Fsp3) is 0.500. The first kappa shape index (κ1) is 20.4. The normalized spacial score (nSPS) is 29.7. The Labute approximate surface area is 165 Å². The van der Waals surface area contributed by atoms with E-state index >= 15 is 0 Å². The zero-order valence-electron chi connectivity index (χ0n) is 16.8.